The predicted octanol–water partition coefficient (Wildman–Crippen LogP) is 2.01. The molecule has 2 amide bonds. The molecule has 1 aliphatic rings. The van der Waals surface area contributed by atoms with Gasteiger partial charge in [-0.1, -0.05) is 12.1 Å². The highest BCUT2D eigenvalue weighted by Gasteiger charge is 2.25. The van der Waals surface area contributed by atoms with Crippen molar-refractivity contribution in [1.29, 1.82) is 0 Å². The van der Waals surface area contributed by atoms with Crippen molar-refractivity contribution in [1.82, 2.24) is 0 Å². The summed E-state index contributed by atoms with van der Waals surface area (Å²) >= 11 is 0. The number of esters is 2. The summed E-state index contributed by atoms with van der Waals surface area (Å²) in [6.45, 7) is 0.0495. The summed E-state index contributed by atoms with van der Waals surface area (Å²) in [6.07, 6.45) is -0.00389. The first-order valence-electron chi connectivity index (χ1n) is 9.06. The van der Waals surface area contributed by atoms with Crippen molar-refractivity contribution < 1.29 is 33.4 Å². The fourth-order valence-electron chi connectivity index (χ4n) is 3.01. The third-order valence-electron chi connectivity index (χ3n) is 4.43. The molecule has 1 heterocycles. The number of carbonyl (C=O) groups is 4. The number of benzene rings is 2. The molecule has 3 rings (SSSR count). The van der Waals surface area contributed by atoms with E-state index in [0.717, 1.165) is 0 Å². The second-order valence-corrected chi connectivity index (χ2v) is 6.38. The highest BCUT2D eigenvalue weighted by Crippen LogP contribution is 2.31. The maximum Gasteiger partial charge on any atom is 0.337 e. The molecule has 1 aliphatic heterocycles. The molecular weight excluding hydrogens is 392 g/mol. The molecule has 0 spiro atoms. The number of hydrogen-bond acceptors (Lipinski definition) is 7. The topological polar surface area (TPSA) is 111 Å². The molecule has 0 atom stereocenters. The van der Waals surface area contributed by atoms with Crippen molar-refractivity contribution in [3.8, 4) is 5.75 Å². The number of rotatable bonds is 6. The molecule has 0 unspecified atom stereocenters. The van der Waals surface area contributed by atoms with E-state index in [9.17, 15) is 19.2 Å². The highest BCUT2D eigenvalue weighted by atomic mass is 16.5. The third kappa shape index (κ3) is 4.57. The molecule has 156 valence electrons. The van der Waals surface area contributed by atoms with Crippen LogP contribution in [0.5, 0.6) is 5.75 Å². The van der Waals surface area contributed by atoms with E-state index in [0.29, 0.717) is 11.4 Å². The van der Waals surface area contributed by atoms with Crippen molar-refractivity contribution in [2.75, 3.05) is 37.6 Å². The van der Waals surface area contributed by atoms with E-state index < -0.39 is 17.8 Å². The number of amides is 2. The van der Waals surface area contributed by atoms with E-state index in [4.69, 9.17) is 4.74 Å². The van der Waals surface area contributed by atoms with E-state index in [1.54, 1.807) is 24.3 Å². The van der Waals surface area contributed by atoms with Crippen LogP contribution in [0, 0.1) is 0 Å². The van der Waals surface area contributed by atoms with Gasteiger partial charge in [0.25, 0.3) is 5.91 Å². The lowest BCUT2D eigenvalue weighted by molar-refractivity contribution is -0.121. The lowest BCUT2D eigenvalue weighted by atomic mass is 10.1. The number of para-hydroxylation sites is 2. The van der Waals surface area contributed by atoms with Gasteiger partial charge in [-0.2, -0.15) is 0 Å². The molecule has 9 nitrogen and oxygen atoms in total. The van der Waals surface area contributed by atoms with Crippen LogP contribution < -0.4 is 15.0 Å². The first-order chi connectivity index (χ1) is 14.4. The van der Waals surface area contributed by atoms with Gasteiger partial charge in [-0.3, -0.25) is 9.59 Å². The zero-order valence-electron chi connectivity index (χ0n) is 16.5. The zero-order valence-corrected chi connectivity index (χ0v) is 16.5. The molecule has 2 aromatic carbocycles. The van der Waals surface area contributed by atoms with E-state index >= 15 is 0 Å². The van der Waals surface area contributed by atoms with Crippen LogP contribution in [0.3, 0.4) is 0 Å². The number of ether oxygens (including phenoxy) is 3. The summed E-state index contributed by atoms with van der Waals surface area (Å²) in [4.78, 5) is 49.9. The summed E-state index contributed by atoms with van der Waals surface area (Å²) in [7, 11) is 2.42. The summed E-state index contributed by atoms with van der Waals surface area (Å²) in [6, 6.07) is 11.2. The number of methoxy groups -OCH3 is 2. The fourth-order valence-corrected chi connectivity index (χ4v) is 3.01. The van der Waals surface area contributed by atoms with Crippen LogP contribution >= 0.6 is 0 Å². The third-order valence-corrected chi connectivity index (χ3v) is 4.43. The number of fused-ring (bicyclic) bond motifs is 1. The fraction of sp³-hybridized carbons (Fsp3) is 0.238. The Morgan fingerprint density at radius 1 is 1.03 bits per heavy atom. The Balaban J connectivity index is 1.72. The highest BCUT2D eigenvalue weighted by molar-refractivity contribution is 6.01. The molecule has 0 radical (unpaired) electrons. The predicted molar refractivity (Wildman–Crippen MR) is 107 cm³/mol. The van der Waals surface area contributed by atoms with Crippen LogP contribution in [-0.2, 0) is 19.1 Å². The number of carbonyl (C=O) groups excluding carboxylic acids is 4. The van der Waals surface area contributed by atoms with Crippen LogP contribution in [-0.4, -0.2) is 51.1 Å². The summed E-state index contributed by atoms with van der Waals surface area (Å²) in [5.41, 5.74) is 1.01. The average Bonchev–Trinajstić information content (AvgIpc) is 2.77. The quantitative estimate of drug-likeness (QED) is 0.723. The van der Waals surface area contributed by atoms with Gasteiger partial charge in [0.15, 0.2) is 6.61 Å². The largest absolute Gasteiger partial charge is 0.482 e. The molecule has 2 aromatic rings. The second-order valence-electron chi connectivity index (χ2n) is 6.38. The molecule has 0 saturated carbocycles. The van der Waals surface area contributed by atoms with Gasteiger partial charge in [0.1, 0.15) is 5.75 Å². The standard InChI is InChI=1S/C21H20N2O7/c1-28-20(26)13-9-14(21(27)29-2)11-15(10-13)22-18(24)7-8-23-16-5-3-4-6-17(16)30-12-19(23)25/h3-6,9-11H,7-8,12H2,1-2H3,(H,22,24). The van der Waals surface area contributed by atoms with Crippen molar-refractivity contribution in [2.45, 2.75) is 6.42 Å². The SMILES string of the molecule is COC(=O)c1cc(NC(=O)CCN2C(=O)COc3ccccc32)cc(C(=O)OC)c1. The number of hydrogen-bond donors (Lipinski definition) is 1. The zero-order chi connectivity index (χ0) is 21.7. The molecule has 9 heteroatoms. The van der Waals surface area contributed by atoms with Gasteiger partial charge in [-0.15, -0.1) is 0 Å². The molecule has 0 fully saturated rings. The Morgan fingerprint density at radius 3 is 2.30 bits per heavy atom. The molecule has 0 aliphatic carbocycles. The maximum absolute atomic E-state index is 12.5. The van der Waals surface area contributed by atoms with Crippen LogP contribution in [0.2, 0.25) is 0 Å². The molecule has 1 N–H and O–H groups in total. The Bertz CT molecular complexity index is 968. The van der Waals surface area contributed by atoms with Gasteiger partial charge in [-0.25, -0.2) is 9.59 Å². The smallest absolute Gasteiger partial charge is 0.337 e. The van der Waals surface area contributed by atoms with Gasteiger partial charge in [0.05, 0.1) is 31.0 Å². The summed E-state index contributed by atoms with van der Waals surface area (Å²) in [5, 5.41) is 2.64. The minimum Gasteiger partial charge on any atom is -0.482 e. The van der Waals surface area contributed by atoms with Crippen molar-refractivity contribution in [3.05, 3.63) is 53.6 Å². The minimum absolute atomic E-state index is 0.00389. The van der Waals surface area contributed by atoms with Gasteiger partial charge < -0.3 is 24.4 Å². The van der Waals surface area contributed by atoms with Gasteiger partial charge in [0.2, 0.25) is 5.91 Å². The normalized spacial score (nSPS) is 12.5. The van der Waals surface area contributed by atoms with Crippen molar-refractivity contribution in [2.24, 2.45) is 0 Å². The number of nitrogens with one attached hydrogen (secondary N) is 1. The van der Waals surface area contributed by atoms with Crippen molar-refractivity contribution in [3.63, 3.8) is 0 Å². The number of nitrogens with zero attached hydrogens (tertiary/aromatic N) is 1. The van der Waals surface area contributed by atoms with Gasteiger partial charge in [0, 0.05) is 18.7 Å². The Hall–Kier alpha value is -3.88. The lowest BCUT2D eigenvalue weighted by Crippen LogP contribution is -2.40. The molecule has 0 aromatic heterocycles. The van der Waals surface area contributed by atoms with E-state index in [1.807, 2.05) is 0 Å². The van der Waals surface area contributed by atoms with E-state index in [-0.39, 0.29) is 42.3 Å². The van der Waals surface area contributed by atoms with Crippen LogP contribution in [0.1, 0.15) is 27.1 Å². The summed E-state index contributed by atoms with van der Waals surface area (Å²) < 4.78 is 14.7. The second kappa shape index (κ2) is 9.08. The monoisotopic (exact) mass is 412 g/mol. The molecule has 0 saturated heterocycles. The average molecular weight is 412 g/mol. The lowest BCUT2D eigenvalue weighted by Gasteiger charge is -2.29. The van der Waals surface area contributed by atoms with E-state index in [1.165, 1.54) is 37.3 Å². The van der Waals surface area contributed by atoms with E-state index in [2.05, 4.69) is 14.8 Å². The first kappa shape index (κ1) is 20.8. The summed E-state index contributed by atoms with van der Waals surface area (Å²) in [5.74, 6) is -1.39. The van der Waals surface area contributed by atoms with Crippen LogP contribution in [0.15, 0.2) is 42.5 Å². The maximum atomic E-state index is 12.5. The minimum atomic E-state index is -0.660. The van der Waals surface area contributed by atoms with Gasteiger partial charge >= 0.3 is 11.9 Å². The Labute approximate surface area is 172 Å². The van der Waals surface area contributed by atoms with Crippen molar-refractivity contribution >= 4 is 35.1 Å². The van der Waals surface area contributed by atoms with Crippen LogP contribution in [0.25, 0.3) is 0 Å². The molecular formula is C21H20N2O7. The molecule has 0 bridgehead atoms. The first-order valence-corrected chi connectivity index (χ1v) is 9.06. The van der Waals surface area contributed by atoms with Crippen LogP contribution in [0.4, 0.5) is 11.4 Å². The number of anilines is 2. The Kier molecular flexibility index (Phi) is 6.31. The molecule has 30 heavy (non-hydrogen) atoms. The van der Waals surface area contributed by atoms with Gasteiger partial charge in [-0.05, 0) is 30.3 Å². The Morgan fingerprint density at radius 2 is 1.67 bits per heavy atom.